The quantitative estimate of drug-likeness (QED) is 0.784. The predicted molar refractivity (Wildman–Crippen MR) is 77.7 cm³/mol. The molecule has 0 bridgehead atoms. The molecule has 0 spiro atoms. The Balaban J connectivity index is 1.68. The smallest absolute Gasteiger partial charge is 0.142 e. The highest BCUT2D eigenvalue weighted by Crippen LogP contribution is 2.08. The SMILES string of the molecule is CCCn1ccnc1CC(=O)CCOC1CCNCC1. The number of carbonyl (C=O) groups excluding carboxylic acids is 1. The Kier molecular flexibility index (Phi) is 6.21. The summed E-state index contributed by atoms with van der Waals surface area (Å²) in [5, 5.41) is 3.30. The number of ether oxygens (including phenoxy) is 1. The van der Waals surface area contributed by atoms with Crippen molar-refractivity contribution in [1.29, 1.82) is 0 Å². The second kappa shape index (κ2) is 8.17. The molecule has 0 aliphatic carbocycles. The van der Waals surface area contributed by atoms with Gasteiger partial charge in [-0.15, -0.1) is 0 Å². The number of imidazole rings is 1. The molecule has 2 rings (SSSR count). The molecule has 1 aliphatic heterocycles. The normalized spacial score (nSPS) is 16.4. The van der Waals surface area contributed by atoms with E-state index in [9.17, 15) is 4.79 Å². The van der Waals surface area contributed by atoms with E-state index >= 15 is 0 Å². The lowest BCUT2D eigenvalue weighted by molar-refractivity contribution is -0.120. The molecule has 0 saturated carbocycles. The summed E-state index contributed by atoms with van der Waals surface area (Å²) in [6.07, 6.45) is 8.10. The predicted octanol–water partition coefficient (Wildman–Crippen LogP) is 1.56. The second-order valence-electron chi connectivity index (χ2n) is 5.32. The van der Waals surface area contributed by atoms with Crippen LogP contribution in [0.4, 0.5) is 0 Å². The van der Waals surface area contributed by atoms with Crippen LogP contribution < -0.4 is 5.32 Å². The van der Waals surface area contributed by atoms with Crippen LogP contribution in [-0.4, -0.2) is 41.1 Å². The van der Waals surface area contributed by atoms with Crippen molar-refractivity contribution < 1.29 is 9.53 Å². The third-order valence-corrected chi connectivity index (χ3v) is 3.64. The molecule has 1 aromatic heterocycles. The Bertz CT molecular complexity index is 411. The van der Waals surface area contributed by atoms with Crippen molar-refractivity contribution in [2.24, 2.45) is 0 Å². The van der Waals surface area contributed by atoms with Gasteiger partial charge < -0.3 is 14.6 Å². The van der Waals surface area contributed by atoms with Crippen molar-refractivity contribution in [2.75, 3.05) is 19.7 Å². The average Bonchev–Trinajstić information content (AvgIpc) is 2.88. The number of rotatable bonds is 8. The molecule has 1 aromatic rings. The Hall–Kier alpha value is -1.20. The first-order valence-electron chi connectivity index (χ1n) is 7.63. The van der Waals surface area contributed by atoms with Gasteiger partial charge >= 0.3 is 0 Å². The van der Waals surface area contributed by atoms with Crippen LogP contribution in [0.5, 0.6) is 0 Å². The van der Waals surface area contributed by atoms with Crippen LogP contribution in [0.2, 0.25) is 0 Å². The molecular weight excluding hydrogens is 254 g/mol. The highest BCUT2D eigenvalue weighted by Gasteiger charge is 2.14. The van der Waals surface area contributed by atoms with E-state index in [4.69, 9.17) is 4.74 Å². The largest absolute Gasteiger partial charge is 0.378 e. The van der Waals surface area contributed by atoms with Gasteiger partial charge in [-0.1, -0.05) is 6.92 Å². The minimum atomic E-state index is 0.211. The van der Waals surface area contributed by atoms with Gasteiger partial charge in [0.05, 0.1) is 19.1 Å². The molecular formula is C15H25N3O2. The first kappa shape index (κ1) is 15.2. The van der Waals surface area contributed by atoms with E-state index < -0.39 is 0 Å². The molecule has 112 valence electrons. The molecule has 5 heteroatoms. The highest BCUT2D eigenvalue weighted by molar-refractivity contribution is 5.80. The van der Waals surface area contributed by atoms with Gasteiger partial charge in [-0.3, -0.25) is 4.79 Å². The third-order valence-electron chi connectivity index (χ3n) is 3.64. The van der Waals surface area contributed by atoms with Crippen LogP contribution in [0.1, 0.15) is 38.4 Å². The molecule has 1 N–H and O–H groups in total. The summed E-state index contributed by atoms with van der Waals surface area (Å²) >= 11 is 0. The summed E-state index contributed by atoms with van der Waals surface area (Å²) in [6.45, 7) is 5.63. The summed E-state index contributed by atoms with van der Waals surface area (Å²) in [7, 11) is 0. The second-order valence-corrected chi connectivity index (χ2v) is 5.32. The summed E-state index contributed by atoms with van der Waals surface area (Å²) in [6, 6.07) is 0. The zero-order valence-corrected chi connectivity index (χ0v) is 12.3. The molecule has 1 saturated heterocycles. The standard InChI is InChI=1S/C15H25N3O2/c1-2-9-18-10-8-17-15(18)12-13(19)5-11-20-14-3-6-16-7-4-14/h8,10,14,16H,2-7,9,11-12H2,1H3. The van der Waals surface area contributed by atoms with E-state index in [1.54, 1.807) is 6.20 Å². The number of hydrogen-bond donors (Lipinski definition) is 1. The lowest BCUT2D eigenvalue weighted by Crippen LogP contribution is -2.32. The van der Waals surface area contributed by atoms with Crippen LogP contribution >= 0.6 is 0 Å². The van der Waals surface area contributed by atoms with Crippen molar-refractivity contribution in [2.45, 2.75) is 51.7 Å². The molecule has 0 amide bonds. The number of carbonyl (C=O) groups is 1. The Morgan fingerprint density at radius 3 is 3.05 bits per heavy atom. The van der Waals surface area contributed by atoms with Crippen LogP contribution in [0.3, 0.4) is 0 Å². The van der Waals surface area contributed by atoms with Gasteiger partial charge in [-0.05, 0) is 32.4 Å². The molecule has 1 aliphatic rings. The molecule has 0 unspecified atom stereocenters. The zero-order chi connectivity index (χ0) is 14.2. The summed E-state index contributed by atoms with van der Waals surface area (Å²) in [5.41, 5.74) is 0. The highest BCUT2D eigenvalue weighted by atomic mass is 16.5. The topological polar surface area (TPSA) is 56.2 Å². The minimum Gasteiger partial charge on any atom is -0.378 e. The summed E-state index contributed by atoms with van der Waals surface area (Å²) < 4.78 is 7.82. The van der Waals surface area contributed by atoms with E-state index in [0.29, 0.717) is 25.6 Å². The van der Waals surface area contributed by atoms with E-state index in [0.717, 1.165) is 44.7 Å². The van der Waals surface area contributed by atoms with Gasteiger partial charge in [0.2, 0.25) is 0 Å². The van der Waals surface area contributed by atoms with Gasteiger partial charge in [0.25, 0.3) is 0 Å². The van der Waals surface area contributed by atoms with Gasteiger partial charge in [0.1, 0.15) is 11.6 Å². The number of piperidine rings is 1. The fourth-order valence-corrected chi connectivity index (χ4v) is 2.52. The first-order chi connectivity index (χ1) is 9.79. The Morgan fingerprint density at radius 2 is 2.30 bits per heavy atom. The van der Waals surface area contributed by atoms with Crippen molar-refractivity contribution in [3.05, 3.63) is 18.2 Å². The molecule has 1 fully saturated rings. The fourth-order valence-electron chi connectivity index (χ4n) is 2.52. The lowest BCUT2D eigenvalue weighted by atomic mass is 10.1. The van der Waals surface area contributed by atoms with Crippen LogP contribution in [0.25, 0.3) is 0 Å². The fraction of sp³-hybridized carbons (Fsp3) is 0.733. The van der Waals surface area contributed by atoms with E-state index in [-0.39, 0.29) is 5.78 Å². The number of hydrogen-bond acceptors (Lipinski definition) is 4. The first-order valence-corrected chi connectivity index (χ1v) is 7.63. The van der Waals surface area contributed by atoms with Gasteiger partial charge in [0, 0.05) is 25.4 Å². The maximum atomic E-state index is 12.0. The van der Waals surface area contributed by atoms with Crippen molar-refractivity contribution >= 4 is 5.78 Å². The maximum Gasteiger partial charge on any atom is 0.142 e. The summed E-state index contributed by atoms with van der Waals surface area (Å²) in [4.78, 5) is 16.2. The van der Waals surface area contributed by atoms with E-state index in [1.807, 2.05) is 6.20 Å². The molecule has 0 aromatic carbocycles. The van der Waals surface area contributed by atoms with E-state index in [1.165, 1.54) is 0 Å². The van der Waals surface area contributed by atoms with Crippen molar-refractivity contribution in [3.63, 3.8) is 0 Å². The number of nitrogens with zero attached hydrogens (tertiary/aromatic N) is 2. The number of ketones is 1. The molecule has 0 radical (unpaired) electrons. The number of aryl methyl sites for hydroxylation is 1. The molecule has 20 heavy (non-hydrogen) atoms. The summed E-state index contributed by atoms with van der Waals surface area (Å²) in [5.74, 6) is 1.08. The number of nitrogens with one attached hydrogen (secondary N) is 1. The van der Waals surface area contributed by atoms with Gasteiger partial charge in [-0.2, -0.15) is 0 Å². The Labute approximate surface area is 120 Å². The molecule has 0 atom stereocenters. The van der Waals surface area contributed by atoms with E-state index in [2.05, 4.69) is 21.8 Å². The van der Waals surface area contributed by atoms with Crippen molar-refractivity contribution in [1.82, 2.24) is 14.9 Å². The van der Waals surface area contributed by atoms with Crippen LogP contribution in [-0.2, 0) is 22.5 Å². The number of Topliss-reactive ketones (excluding diaryl/α,β-unsaturated/α-hetero) is 1. The van der Waals surface area contributed by atoms with Crippen LogP contribution in [0, 0.1) is 0 Å². The van der Waals surface area contributed by atoms with Gasteiger partial charge in [-0.25, -0.2) is 4.98 Å². The average molecular weight is 279 g/mol. The van der Waals surface area contributed by atoms with Gasteiger partial charge in [0.15, 0.2) is 0 Å². The molecule has 5 nitrogen and oxygen atoms in total. The third kappa shape index (κ3) is 4.72. The number of aromatic nitrogens is 2. The monoisotopic (exact) mass is 279 g/mol. The zero-order valence-electron chi connectivity index (χ0n) is 12.3. The minimum absolute atomic E-state index is 0.211. The molecule has 2 heterocycles. The van der Waals surface area contributed by atoms with Crippen LogP contribution in [0.15, 0.2) is 12.4 Å². The maximum absolute atomic E-state index is 12.0. The lowest BCUT2D eigenvalue weighted by Gasteiger charge is -2.22. The Morgan fingerprint density at radius 1 is 1.50 bits per heavy atom. The van der Waals surface area contributed by atoms with Crippen molar-refractivity contribution in [3.8, 4) is 0 Å².